The Bertz CT molecular complexity index is 1270. The van der Waals surface area contributed by atoms with Crippen LogP contribution in [0.5, 0.6) is 5.75 Å². The molecular weight excluding hydrogens is 390 g/mol. The highest BCUT2D eigenvalue weighted by molar-refractivity contribution is 7.92. The first-order chi connectivity index (χ1) is 14.0. The number of aryl methyl sites for hydroxylation is 1. The van der Waals surface area contributed by atoms with Gasteiger partial charge in [0.25, 0.3) is 10.0 Å². The fourth-order valence-electron chi connectivity index (χ4n) is 3.03. The van der Waals surface area contributed by atoms with Gasteiger partial charge in [-0.05, 0) is 55.0 Å². The van der Waals surface area contributed by atoms with E-state index in [1.165, 1.54) is 7.11 Å². The summed E-state index contributed by atoms with van der Waals surface area (Å²) in [6.45, 7) is 1.83. The fourth-order valence-corrected chi connectivity index (χ4v) is 4.32. The van der Waals surface area contributed by atoms with Crippen molar-refractivity contribution in [2.45, 2.75) is 11.8 Å². The van der Waals surface area contributed by atoms with Gasteiger partial charge in [0.15, 0.2) is 5.58 Å². The van der Waals surface area contributed by atoms with Crippen molar-refractivity contribution in [2.24, 2.45) is 0 Å². The first kappa shape index (κ1) is 18.8. The van der Waals surface area contributed by atoms with Crippen molar-refractivity contribution < 1.29 is 17.6 Å². The van der Waals surface area contributed by atoms with Crippen molar-refractivity contribution >= 4 is 38.1 Å². The number of hydrogen-bond acceptors (Lipinski definition) is 6. The lowest BCUT2D eigenvalue weighted by Gasteiger charge is -2.14. The Morgan fingerprint density at radius 2 is 1.79 bits per heavy atom. The van der Waals surface area contributed by atoms with E-state index in [1.54, 1.807) is 55.1 Å². The summed E-state index contributed by atoms with van der Waals surface area (Å²) in [5.41, 5.74) is 3.28. The van der Waals surface area contributed by atoms with E-state index >= 15 is 0 Å². The zero-order chi connectivity index (χ0) is 20.4. The van der Waals surface area contributed by atoms with Crippen LogP contribution in [-0.4, -0.2) is 20.5 Å². The van der Waals surface area contributed by atoms with Crippen molar-refractivity contribution in [3.8, 4) is 5.75 Å². The monoisotopic (exact) mass is 409 g/mol. The molecule has 0 aliphatic rings. The van der Waals surface area contributed by atoms with Gasteiger partial charge in [-0.3, -0.25) is 9.71 Å². The molecule has 2 N–H and O–H groups in total. The van der Waals surface area contributed by atoms with Crippen LogP contribution in [0.15, 0.2) is 76.5 Å². The Morgan fingerprint density at radius 1 is 1.00 bits per heavy atom. The maximum atomic E-state index is 13.0. The highest BCUT2D eigenvalue weighted by Crippen LogP contribution is 2.33. The van der Waals surface area contributed by atoms with Crippen LogP contribution in [0.2, 0.25) is 0 Å². The normalized spacial score (nSPS) is 11.4. The minimum atomic E-state index is -3.86. The molecule has 7 nitrogen and oxygen atoms in total. The van der Waals surface area contributed by atoms with Crippen LogP contribution in [-0.2, 0) is 10.0 Å². The molecule has 2 heterocycles. The smallest absolute Gasteiger partial charge is 0.265 e. The van der Waals surface area contributed by atoms with Gasteiger partial charge >= 0.3 is 0 Å². The average Bonchev–Trinajstić information content (AvgIpc) is 3.17. The fraction of sp³-hybridized carbons (Fsp3) is 0.0952. The highest BCUT2D eigenvalue weighted by atomic mass is 32.2. The predicted molar refractivity (Wildman–Crippen MR) is 112 cm³/mol. The second-order valence-corrected chi connectivity index (χ2v) is 8.13. The summed E-state index contributed by atoms with van der Waals surface area (Å²) in [7, 11) is -2.42. The standard InChI is InChI=1S/C21H19N3O4S/c1-14-3-4-19(27-2)20(11-14)29(25,26)24-17-12-15-7-10-28-21(15)18(13-17)23-16-5-8-22-9-6-16/h3-13,24H,1-2H3,(H,22,23). The number of fused-ring (bicyclic) bond motifs is 1. The van der Waals surface area contributed by atoms with E-state index in [0.717, 1.165) is 16.6 Å². The van der Waals surface area contributed by atoms with E-state index in [4.69, 9.17) is 9.15 Å². The quantitative estimate of drug-likeness (QED) is 0.480. The molecule has 0 bridgehead atoms. The Morgan fingerprint density at radius 3 is 2.55 bits per heavy atom. The molecule has 0 saturated carbocycles. The number of pyridine rings is 1. The molecule has 2 aromatic carbocycles. The van der Waals surface area contributed by atoms with E-state index in [-0.39, 0.29) is 10.6 Å². The molecule has 0 unspecified atom stereocenters. The molecule has 148 valence electrons. The molecule has 4 rings (SSSR count). The number of nitrogens with zero attached hydrogens (tertiary/aromatic N) is 1. The summed E-state index contributed by atoms with van der Waals surface area (Å²) in [6.07, 6.45) is 4.89. The molecule has 29 heavy (non-hydrogen) atoms. The number of nitrogens with one attached hydrogen (secondary N) is 2. The predicted octanol–water partition coefficient (Wildman–Crippen LogP) is 4.69. The van der Waals surface area contributed by atoms with E-state index in [0.29, 0.717) is 17.0 Å². The van der Waals surface area contributed by atoms with E-state index in [9.17, 15) is 8.42 Å². The molecular formula is C21H19N3O4S. The molecule has 0 amide bonds. The van der Waals surface area contributed by atoms with Crippen LogP contribution >= 0.6 is 0 Å². The second-order valence-electron chi connectivity index (χ2n) is 6.48. The molecule has 0 saturated heterocycles. The van der Waals surface area contributed by atoms with Gasteiger partial charge in [-0.2, -0.15) is 0 Å². The minimum Gasteiger partial charge on any atom is -0.495 e. The lowest BCUT2D eigenvalue weighted by atomic mass is 10.2. The number of furan rings is 1. The van der Waals surface area contributed by atoms with Crippen LogP contribution < -0.4 is 14.8 Å². The number of aromatic nitrogens is 1. The summed E-state index contributed by atoms with van der Waals surface area (Å²) < 4.78 is 39.5. The molecule has 0 aliphatic carbocycles. The Balaban J connectivity index is 1.74. The van der Waals surface area contributed by atoms with Crippen molar-refractivity contribution in [1.29, 1.82) is 0 Å². The largest absolute Gasteiger partial charge is 0.495 e. The molecule has 4 aromatic rings. The van der Waals surface area contributed by atoms with Crippen LogP contribution in [0, 0.1) is 6.92 Å². The number of anilines is 3. The number of methoxy groups -OCH3 is 1. The first-order valence-electron chi connectivity index (χ1n) is 8.82. The number of hydrogen-bond donors (Lipinski definition) is 2. The van der Waals surface area contributed by atoms with Gasteiger partial charge in [0.1, 0.15) is 10.6 Å². The third-order valence-corrected chi connectivity index (χ3v) is 5.77. The number of benzene rings is 2. The molecule has 8 heteroatoms. The minimum absolute atomic E-state index is 0.0796. The van der Waals surface area contributed by atoms with Gasteiger partial charge in [0.2, 0.25) is 0 Å². The van der Waals surface area contributed by atoms with Crippen LogP contribution in [0.25, 0.3) is 11.0 Å². The van der Waals surface area contributed by atoms with E-state index in [1.807, 2.05) is 19.1 Å². The summed E-state index contributed by atoms with van der Waals surface area (Å²) in [6, 6.07) is 13.8. The molecule has 0 aliphatic heterocycles. The summed E-state index contributed by atoms with van der Waals surface area (Å²) in [4.78, 5) is 4.07. The highest BCUT2D eigenvalue weighted by Gasteiger charge is 2.21. The van der Waals surface area contributed by atoms with Gasteiger partial charge in [-0.25, -0.2) is 8.42 Å². The number of ether oxygens (including phenoxy) is 1. The van der Waals surface area contributed by atoms with Gasteiger partial charge in [-0.1, -0.05) is 6.07 Å². The summed E-state index contributed by atoms with van der Waals surface area (Å²) >= 11 is 0. The maximum Gasteiger partial charge on any atom is 0.265 e. The Kier molecular flexibility index (Phi) is 4.85. The Hall–Kier alpha value is -3.52. The summed E-state index contributed by atoms with van der Waals surface area (Å²) in [5, 5.41) is 4.00. The SMILES string of the molecule is COc1ccc(C)cc1S(=O)(=O)Nc1cc(Nc2ccncc2)c2occc2c1. The second kappa shape index (κ2) is 7.48. The van der Waals surface area contributed by atoms with E-state index < -0.39 is 10.0 Å². The molecule has 0 spiro atoms. The third kappa shape index (κ3) is 3.88. The molecule has 0 radical (unpaired) electrons. The first-order valence-corrected chi connectivity index (χ1v) is 10.3. The van der Waals surface area contributed by atoms with Crippen LogP contribution in [0.4, 0.5) is 17.1 Å². The summed E-state index contributed by atoms with van der Waals surface area (Å²) in [5.74, 6) is 0.280. The third-order valence-electron chi connectivity index (χ3n) is 4.37. The average molecular weight is 409 g/mol. The van der Waals surface area contributed by atoms with Gasteiger partial charge in [-0.15, -0.1) is 0 Å². The number of sulfonamides is 1. The zero-order valence-corrected chi connectivity index (χ0v) is 16.7. The lowest BCUT2D eigenvalue weighted by molar-refractivity contribution is 0.402. The van der Waals surface area contributed by atoms with Crippen LogP contribution in [0.3, 0.4) is 0 Å². The van der Waals surface area contributed by atoms with Gasteiger partial charge in [0, 0.05) is 23.5 Å². The van der Waals surface area contributed by atoms with Crippen molar-refractivity contribution in [1.82, 2.24) is 4.98 Å². The maximum absolute atomic E-state index is 13.0. The molecule has 0 atom stereocenters. The number of rotatable bonds is 6. The lowest BCUT2D eigenvalue weighted by Crippen LogP contribution is -2.14. The van der Waals surface area contributed by atoms with E-state index in [2.05, 4.69) is 15.0 Å². The Labute approximate surface area is 168 Å². The van der Waals surface area contributed by atoms with Crippen LogP contribution in [0.1, 0.15) is 5.56 Å². The molecule has 2 aromatic heterocycles. The van der Waals surface area contributed by atoms with Gasteiger partial charge < -0.3 is 14.5 Å². The van der Waals surface area contributed by atoms with Crippen molar-refractivity contribution in [3.05, 3.63) is 72.8 Å². The van der Waals surface area contributed by atoms with Crippen molar-refractivity contribution in [3.63, 3.8) is 0 Å². The van der Waals surface area contributed by atoms with Gasteiger partial charge in [0.05, 0.1) is 24.7 Å². The molecule has 0 fully saturated rings. The van der Waals surface area contributed by atoms with Crippen molar-refractivity contribution in [2.75, 3.05) is 17.1 Å². The zero-order valence-electron chi connectivity index (χ0n) is 15.8. The topological polar surface area (TPSA) is 93.5 Å².